The van der Waals surface area contributed by atoms with Crippen LogP contribution in [0.2, 0.25) is 5.02 Å². The Morgan fingerprint density at radius 3 is 2.63 bits per heavy atom. The number of halogens is 2. The van der Waals surface area contributed by atoms with Crippen molar-refractivity contribution in [1.29, 1.82) is 0 Å². The molecule has 4 rings (SSSR count). The van der Waals surface area contributed by atoms with Crippen molar-refractivity contribution >= 4 is 29.3 Å². The summed E-state index contributed by atoms with van der Waals surface area (Å²) in [6, 6.07) is 4.18. The standard InChI is InChI=1S/C22H23ClFN9O2/c1-11(27-19(34)18-29-20(35-32-18)22(2,3)4)12-6-7-13(16(24)15(12)23)17-25-10-26-21(30-17)28-14-8-9-33(5)31-14/h6-11H,1-5H3,(H,27,34)(H,25,26,28,30,31)/t11-/m0/s1. The fraction of sp³-hybridized carbons (Fsp3) is 0.318. The Balaban J connectivity index is 1.53. The fourth-order valence-corrected chi connectivity index (χ4v) is 3.44. The lowest BCUT2D eigenvalue weighted by molar-refractivity contribution is 0.0926. The maximum absolute atomic E-state index is 15.2. The summed E-state index contributed by atoms with van der Waals surface area (Å²) in [7, 11) is 1.78. The number of carbonyl (C=O) groups is 1. The van der Waals surface area contributed by atoms with Gasteiger partial charge in [0.05, 0.1) is 16.6 Å². The van der Waals surface area contributed by atoms with Crippen molar-refractivity contribution in [1.82, 2.24) is 40.2 Å². The van der Waals surface area contributed by atoms with Gasteiger partial charge in [-0.25, -0.2) is 14.4 Å². The lowest BCUT2D eigenvalue weighted by Gasteiger charge is -2.16. The molecular formula is C22H23ClFN9O2. The predicted molar refractivity (Wildman–Crippen MR) is 126 cm³/mol. The van der Waals surface area contributed by atoms with Crippen molar-refractivity contribution < 1.29 is 13.7 Å². The molecule has 182 valence electrons. The number of benzene rings is 1. The normalized spacial score (nSPS) is 12.4. The molecule has 1 amide bonds. The number of hydrogen-bond donors (Lipinski definition) is 2. The number of amides is 1. The number of rotatable bonds is 6. The molecule has 4 aromatic rings. The Labute approximate surface area is 205 Å². The van der Waals surface area contributed by atoms with Crippen LogP contribution in [-0.4, -0.2) is 40.8 Å². The van der Waals surface area contributed by atoms with Crippen molar-refractivity contribution in [3.8, 4) is 11.4 Å². The third kappa shape index (κ3) is 5.27. The summed E-state index contributed by atoms with van der Waals surface area (Å²) in [4.78, 5) is 29.1. The highest BCUT2D eigenvalue weighted by molar-refractivity contribution is 6.32. The van der Waals surface area contributed by atoms with Gasteiger partial charge in [-0.2, -0.15) is 15.1 Å². The van der Waals surface area contributed by atoms with Crippen LogP contribution in [0.4, 0.5) is 16.2 Å². The minimum Gasteiger partial charge on any atom is -0.343 e. The van der Waals surface area contributed by atoms with Crippen LogP contribution in [0.5, 0.6) is 0 Å². The quantitative estimate of drug-likeness (QED) is 0.403. The summed E-state index contributed by atoms with van der Waals surface area (Å²) < 4.78 is 22.0. The first-order chi connectivity index (χ1) is 16.5. The third-order valence-corrected chi connectivity index (χ3v) is 5.35. The highest BCUT2D eigenvalue weighted by atomic mass is 35.5. The average molecular weight is 500 g/mol. The molecule has 35 heavy (non-hydrogen) atoms. The van der Waals surface area contributed by atoms with Gasteiger partial charge in [0.25, 0.3) is 11.7 Å². The molecule has 11 nitrogen and oxygen atoms in total. The van der Waals surface area contributed by atoms with Gasteiger partial charge in [-0.3, -0.25) is 9.48 Å². The Morgan fingerprint density at radius 1 is 1.20 bits per heavy atom. The number of anilines is 2. The molecule has 0 spiro atoms. The Kier molecular flexibility index (Phi) is 6.48. The number of nitrogens with zero attached hydrogens (tertiary/aromatic N) is 7. The summed E-state index contributed by atoms with van der Waals surface area (Å²) in [5.41, 5.74) is 0.0416. The third-order valence-electron chi connectivity index (χ3n) is 4.96. The predicted octanol–water partition coefficient (Wildman–Crippen LogP) is 3.98. The number of carbonyl (C=O) groups excluding carboxylic acids is 1. The summed E-state index contributed by atoms with van der Waals surface area (Å²) in [5.74, 6) is -0.272. The van der Waals surface area contributed by atoms with E-state index in [0.29, 0.717) is 17.3 Å². The maximum Gasteiger partial charge on any atom is 0.293 e. The number of hydrogen-bond acceptors (Lipinski definition) is 9. The lowest BCUT2D eigenvalue weighted by atomic mass is 9.97. The second-order valence-electron chi connectivity index (χ2n) is 8.83. The van der Waals surface area contributed by atoms with Crippen LogP contribution in [0.25, 0.3) is 11.4 Å². The fourth-order valence-electron chi connectivity index (χ4n) is 3.11. The van der Waals surface area contributed by atoms with Gasteiger partial charge in [-0.05, 0) is 18.6 Å². The first-order valence-corrected chi connectivity index (χ1v) is 11.0. The number of aryl methyl sites for hydroxylation is 1. The lowest BCUT2D eigenvalue weighted by Crippen LogP contribution is -2.28. The minimum atomic E-state index is -0.727. The molecule has 0 radical (unpaired) electrons. The molecule has 2 N–H and O–H groups in total. The number of nitrogens with one attached hydrogen (secondary N) is 2. The molecule has 0 aliphatic rings. The van der Waals surface area contributed by atoms with Crippen LogP contribution in [0.1, 0.15) is 55.8 Å². The van der Waals surface area contributed by atoms with E-state index in [2.05, 4.69) is 40.8 Å². The van der Waals surface area contributed by atoms with E-state index in [1.165, 1.54) is 12.4 Å². The van der Waals surface area contributed by atoms with Crippen molar-refractivity contribution in [2.24, 2.45) is 7.05 Å². The molecule has 3 aromatic heterocycles. The van der Waals surface area contributed by atoms with Crippen molar-refractivity contribution in [3.05, 3.63) is 58.8 Å². The largest absolute Gasteiger partial charge is 0.343 e. The molecule has 0 saturated heterocycles. The van der Waals surface area contributed by atoms with E-state index >= 15 is 4.39 Å². The second kappa shape index (κ2) is 9.37. The maximum atomic E-state index is 15.2. The first kappa shape index (κ1) is 24.2. The molecule has 0 aliphatic heterocycles. The van der Waals surface area contributed by atoms with Crippen molar-refractivity contribution in [2.75, 3.05) is 5.32 Å². The van der Waals surface area contributed by atoms with E-state index in [-0.39, 0.29) is 28.2 Å². The van der Waals surface area contributed by atoms with Crippen LogP contribution in [0.3, 0.4) is 0 Å². The molecule has 0 saturated carbocycles. The van der Waals surface area contributed by atoms with Crippen LogP contribution < -0.4 is 10.6 Å². The SMILES string of the molecule is C[C@H](NC(=O)c1noc(C(C)(C)C)n1)c1ccc(-c2ncnc(Nc3ccn(C)n3)n2)c(F)c1Cl. The van der Waals surface area contributed by atoms with Crippen LogP contribution >= 0.6 is 11.6 Å². The van der Waals surface area contributed by atoms with E-state index in [1.807, 2.05) is 20.8 Å². The van der Waals surface area contributed by atoms with Gasteiger partial charge in [0, 0.05) is 24.7 Å². The topological polar surface area (TPSA) is 137 Å². The number of aromatic nitrogens is 7. The van der Waals surface area contributed by atoms with Crippen LogP contribution in [0, 0.1) is 5.82 Å². The Morgan fingerprint density at radius 2 is 1.97 bits per heavy atom. The van der Waals surface area contributed by atoms with E-state index in [9.17, 15) is 4.79 Å². The van der Waals surface area contributed by atoms with Crippen LogP contribution in [-0.2, 0) is 12.5 Å². The molecule has 0 bridgehead atoms. The van der Waals surface area contributed by atoms with E-state index < -0.39 is 23.2 Å². The molecule has 0 aliphatic carbocycles. The van der Waals surface area contributed by atoms with Gasteiger partial charge in [-0.15, -0.1) is 0 Å². The summed E-state index contributed by atoms with van der Waals surface area (Å²) in [6.45, 7) is 7.33. The van der Waals surface area contributed by atoms with Gasteiger partial charge in [-0.1, -0.05) is 43.6 Å². The molecular weight excluding hydrogens is 477 g/mol. The molecule has 13 heteroatoms. The van der Waals surface area contributed by atoms with Crippen molar-refractivity contribution in [2.45, 2.75) is 39.2 Å². The Bertz CT molecular complexity index is 1380. The molecule has 3 heterocycles. The first-order valence-electron chi connectivity index (χ1n) is 10.6. The zero-order chi connectivity index (χ0) is 25.3. The van der Waals surface area contributed by atoms with Gasteiger partial charge < -0.3 is 15.2 Å². The summed E-state index contributed by atoms with van der Waals surface area (Å²) in [6.07, 6.45) is 3.01. The van der Waals surface area contributed by atoms with Crippen LogP contribution in [0.15, 0.2) is 35.2 Å². The zero-order valence-electron chi connectivity index (χ0n) is 19.7. The summed E-state index contributed by atoms with van der Waals surface area (Å²) in [5, 5.41) is 13.4. The second-order valence-corrected chi connectivity index (χ2v) is 9.21. The van der Waals surface area contributed by atoms with Gasteiger partial charge >= 0.3 is 0 Å². The highest BCUT2D eigenvalue weighted by Gasteiger charge is 2.26. The van der Waals surface area contributed by atoms with Gasteiger partial charge in [0.15, 0.2) is 17.5 Å². The average Bonchev–Trinajstić information content (AvgIpc) is 3.45. The highest BCUT2D eigenvalue weighted by Crippen LogP contribution is 2.32. The van der Waals surface area contributed by atoms with Gasteiger partial charge in [0.2, 0.25) is 11.8 Å². The summed E-state index contributed by atoms with van der Waals surface area (Å²) >= 11 is 6.33. The Hall–Kier alpha value is -3.93. The van der Waals surface area contributed by atoms with E-state index in [4.69, 9.17) is 16.1 Å². The molecule has 1 atom stereocenters. The van der Waals surface area contributed by atoms with E-state index in [1.54, 1.807) is 37.0 Å². The van der Waals surface area contributed by atoms with Gasteiger partial charge in [0.1, 0.15) is 6.33 Å². The van der Waals surface area contributed by atoms with Crippen molar-refractivity contribution in [3.63, 3.8) is 0 Å². The minimum absolute atomic E-state index is 0.0803. The van der Waals surface area contributed by atoms with E-state index in [0.717, 1.165) is 0 Å². The molecule has 0 unspecified atom stereocenters. The molecule has 0 fully saturated rings. The monoisotopic (exact) mass is 499 g/mol. The zero-order valence-corrected chi connectivity index (χ0v) is 20.4. The smallest absolute Gasteiger partial charge is 0.293 e. The molecule has 1 aromatic carbocycles.